The third-order valence-electron chi connectivity index (χ3n) is 3.84. The summed E-state index contributed by atoms with van der Waals surface area (Å²) >= 11 is 12.1. The van der Waals surface area contributed by atoms with Crippen molar-refractivity contribution in [1.82, 2.24) is 5.01 Å². The number of para-hydroxylation sites is 1. The topological polar surface area (TPSA) is 44.7 Å². The van der Waals surface area contributed by atoms with Crippen LogP contribution in [0.4, 0.5) is 5.69 Å². The van der Waals surface area contributed by atoms with Gasteiger partial charge in [-0.05, 0) is 43.7 Å². The van der Waals surface area contributed by atoms with Crippen LogP contribution in [0.2, 0.25) is 10.0 Å². The largest absolute Gasteiger partial charge is 0.289 e. The van der Waals surface area contributed by atoms with Gasteiger partial charge < -0.3 is 0 Å². The second-order valence-electron chi connectivity index (χ2n) is 5.47. The van der Waals surface area contributed by atoms with E-state index in [0.717, 1.165) is 5.56 Å². The zero-order valence-electron chi connectivity index (χ0n) is 12.7. The van der Waals surface area contributed by atoms with Crippen molar-refractivity contribution in [3.63, 3.8) is 0 Å². The van der Waals surface area contributed by atoms with Crippen LogP contribution in [0, 0.1) is 0 Å². The van der Waals surface area contributed by atoms with E-state index in [9.17, 15) is 4.79 Å². The average molecular weight is 348 g/mol. The van der Waals surface area contributed by atoms with Gasteiger partial charge in [-0.15, -0.1) is 0 Å². The van der Waals surface area contributed by atoms with Crippen molar-refractivity contribution in [3.8, 4) is 0 Å². The average Bonchev–Trinajstić information content (AvgIpc) is 2.74. The number of halogens is 2. The van der Waals surface area contributed by atoms with Gasteiger partial charge in [0.25, 0.3) is 5.91 Å². The smallest absolute Gasteiger partial charge is 0.279 e. The van der Waals surface area contributed by atoms with E-state index in [1.807, 2.05) is 24.3 Å². The molecule has 2 aromatic carbocycles. The quantitative estimate of drug-likeness (QED) is 0.888. The lowest BCUT2D eigenvalue weighted by Gasteiger charge is -2.24. The summed E-state index contributed by atoms with van der Waals surface area (Å²) < 4.78 is 0. The molecular formula is C17H15Cl2N3O. The van der Waals surface area contributed by atoms with Gasteiger partial charge in [0.15, 0.2) is 5.54 Å². The zero-order valence-corrected chi connectivity index (χ0v) is 14.2. The van der Waals surface area contributed by atoms with E-state index < -0.39 is 5.54 Å². The molecule has 23 heavy (non-hydrogen) atoms. The number of rotatable bonds is 3. The Labute approximate surface area is 144 Å². The molecule has 0 fully saturated rings. The van der Waals surface area contributed by atoms with E-state index in [0.29, 0.717) is 21.6 Å². The Kier molecular flexibility index (Phi) is 4.04. The molecule has 1 aliphatic heterocycles. The van der Waals surface area contributed by atoms with Gasteiger partial charge in [0.2, 0.25) is 0 Å². The number of anilines is 1. The summed E-state index contributed by atoms with van der Waals surface area (Å²) in [7, 11) is 0. The Balaban J connectivity index is 1.92. The monoisotopic (exact) mass is 347 g/mol. The number of aliphatic imine (C=N–C) groups is 1. The van der Waals surface area contributed by atoms with Crippen molar-refractivity contribution in [1.29, 1.82) is 0 Å². The predicted molar refractivity (Wildman–Crippen MR) is 93.8 cm³/mol. The summed E-state index contributed by atoms with van der Waals surface area (Å²) in [5, 5.41) is 2.58. The molecule has 0 aromatic heterocycles. The molecule has 0 aliphatic carbocycles. The van der Waals surface area contributed by atoms with Gasteiger partial charge in [0.05, 0.1) is 10.7 Å². The van der Waals surface area contributed by atoms with Crippen LogP contribution >= 0.6 is 23.2 Å². The van der Waals surface area contributed by atoms with Crippen molar-refractivity contribution < 1.29 is 4.79 Å². The predicted octanol–water partition coefficient (Wildman–Crippen LogP) is 4.50. The molecule has 1 heterocycles. The SMILES string of the molecule is CC1=NC(C)(c2ccc(Cl)cc2)C(=O)N1Nc1ccccc1Cl. The van der Waals surface area contributed by atoms with Crippen molar-refractivity contribution in [3.05, 3.63) is 64.1 Å². The number of amidine groups is 1. The second-order valence-corrected chi connectivity index (χ2v) is 6.31. The normalized spacial score (nSPS) is 20.6. The Hall–Kier alpha value is -2.04. The molecule has 0 radical (unpaired) electrons. The molecule has 118 valence electrons. The van der Waals surface area contributed by atoms with E-state index in [1.54, 1.807) is 38.1 Å². The fraction of sp³-hybridized carbons (Fsp3) is 0.176. The van der Waals surface area contributed by atoms with E-state index in [4.69, 9.17) is 23.2 Å². The number of hydrazine groups is 1. The summed E-state index contributed by atoms with van der Waals surface area (Å²) in [6.45, 7) is 3.57. The Morgan fingerprint density at radius 2 is 1.74 bits per heavy atom. The van der Waals surface area contributed by atoms with Gasteiger partial charge in [-0.1, -0.05) is 47.5 Å². The number of hydrogen-bond donors (Lipinski definition) is 1. The highest BCUT2D eigenvalue weighted by Crippen LogP contribution is 2.34. The fourth-order valence-corrected chi connectivity index (χ4v) is 2.86. The lowest BCUT2D eigenvalue weighted by atomic mass is 9.92. The van der Waals surface area contributed by atoms with Crippen molar-refractivity contribution >= 4 is 40.6 Å². The van der Waals surface area contributed by atoms with Crippen molar-refractivity contribution in [2.24, 2.45) is 4.99 Å². The third kappa shape index (κ3) is 2.80. The molecule has 1 amide bonds. The molecule has 1 aliphatic rings. The van der Waals surface area contributed by atoms with E-state index >= 15 is 0 Å². The third-order valence-corrected chi connectivity index (χ3v) is 4.42. The van der Waals surface area contributed by atoms with Gasteiger partial charge in [-0.3, -0.25) is 10.2 Å². The van der Waals surface area contributed by atoms with Gasteiger partial charge in [-0.25, -0.2) is 10.0 Å². The van der Waals surface area contributed by atoms with E-state index in [1.165, 1.54) is 5.01 Å². The number of nitrogens with one attached hydrogen (secondary N) is 1. The first-order valence-electron chi connectivity index (χ1n) is 7.10. The zero-order chi connectivity index (χ0) is 16.6. The van der Waals surface area contributed by atoms with Crippen LogP contribution in [0.15, 0.2) is 53.5 Å². The Morgan fingerprint density at radius 3 is 2.39 bits per heavy atom. The molecule has 0 saturated carbocycles. The summed E-state index contributed by atoms with van der Waals surface area (Å²) in [6.07, 6.45) is 0. The number of nitrogens with zero attached hydrogens (tertiary/aromatic N) is 2. The number of amides is 1. The minimum atomic E-state index is -0.983. The lowest BCUT2D eigenvalue weighted by Crippen LogP contribution is -2.42. The Bertz CT molecular complexity index is 789. The first kappa shape index (κ1) is 15.8. The van der Waals surface area contributed by atoms with Gasteiger partial charge in [0, 0.05) is 5.02 Å². The molecule has 3 rings (SSSR count). The second kappa shape index (κ2) is 5.87. The number of carbonyl (C=O) groups excluding carboxylic acids is 1. The number of benzene rings is 2. The molecule has 6 heteroatoms. The maximum Gasteiger partial charge on any atom is 0.279 e. The highest BCUT2D eigenvalue weighted by atomic mass is 35.5. The highest BCUT2D eigenvalue weighted by Gasteiger charge is 2.45. The van der Waals surface area contributed by atoms with Crippen LogP contribution in [0.25, 0.3) is 0 Å². The molecule has 0 saturated heterocycles. The summed E-state index contributed by atoms with van der Waals surface area (Å²) in [6, 6.07) is 14.4. The van der Waals surface area contributed by atoms with Crippen molar-refractivity contribution in [2.45, 2.75) is 19.4 Å². The highest BCUT2D eigenvalue weighted by molar-refractivity contribution is 6.33. The number of carbonyl (C=O) groups is 1. The molecule has 0 bridgehead atoms. The number of hydrogen-bond acceptors (Lipinski definition) is 3. The van der Waals surface area contributed by atoms with Crippen LogP contribution < -0.4 is 5.43 Å². The molecule has 1 unspecified atom stereocenters. The van der Waals surface area contributed by atoms with E-state index in [-0.39, 0.29) is 5.91 Å². The van der Waals surface area contributed by atoms with Crippen LogP contribution in [0.1, 0.15) is 19.4 Å². The van der Waals surface area contributed by atoms with Crippen molar-refractivity contribution in [2.75, 3.05) is 5.43 Å². The maximum absolute atomic E-state index is 12.9. The minimum Gasteiger partial charge on any atom is -0.289 e. The van der Waals surface area contributed by atoms with Crippen LogP contribution in [0.3, 0.4) is 0 Å². The maximum atomic E-state index is 12.9. The van der Waals surface area contributed by atoms with Gasteiger partial charge in [0.1, 0.15) is 5.84 Å². The van der Waals surface area contributed by atoms with Gasteiger partial charge >= 0.3 is 0 Å². The van der Waals surface area contributed by atoms with Crippen LogP contribution in [-0.2, 0) is 10.3 Å². The molecule has 4 nitrogen and oxygen atoms in total. The molecule has 1 atom stereocenters. The molecule has 0 spiro atoms. The summed E-state index contributed by atoms with van der Waals surface area (Å²) in [5.74, 6) is 0.407. The Morgan fingerprint density at radius 1 is 1.09 bits per heavy atom. The lowest BCUT2D eigenvalue weighted by molar-refractivity contribution is -0.130. The molecular weight excluding hydrogens is 333 g/mol. The van der Waals surface area contributed by atoms with Crippen LogP contribution in [0.5, 0.6) is 0 Å². The standard InChI is InChI=1S/C17H15Cl2N3O/c1-11-20-17(2,12-7-9-13(18)10-8-12)16(23)22(11)21-15-6-4-3-5-14(15)19/h3-10,21H,1-2H3. The summed E-state index contributed by atoms with van der Waals surface area (Å²) in [4.78, 5) is 17.5. The van der Waals surface area contributed by atoms with E-state index in [2.05, 4.69) is 10.4 Å². The van der Waals surface area contributed by atoms with Crippen LogP contribution in [-0.4, -0.2) is 16.8 Å². The minimum absolute atomic E-state index is 0.169. The summed E-state index contributed by atoms with van der Waals surface area (Å²) in [5.41, 5.74) is 3.49. The van der Waals surface area contributed by atoms with Gasteiger partial charge in [-0.2, -0.15) is 0 Å². The fourth-order valence-electron chi connectivity index (χ4n) is 2.55. The molecule has 2 aromatic rings. The first-order chi connectivity index (χ1) is 10.9. The molecule has 1 N–H and O–H groups in total. The first-order valence-corrected chi connectivity index (χ1v) is 7.85.